The summed E-state index contributed by atoms with van der Waals surface area (Å²) in [5.74, 6) is -6.44. The van der Waals surface area contributed by atoms with Crippen LogP contribution in [0.5, 0.6) is 0 Å². The summed E-state index contributed by atoms with van der Waals surface area (Å²) >= 11 is 0. The molecule has 0 N–H and O–H groups in total. The molecule has 7 heteroatoms. The van der Waals surface area contributed by atoms with E-state index in [1.807, 2.05) is 36.5 Å². The zero-order valence-electron chi connectivity index (χ0n) is 22.1. The fraction of sp³-hybridized carbons (Fsp3) is 0.206. The average molecular weight is 553 g/mol. The highest BCUT2D eigenvalue weighted by molar-refractivity contribution is 5.69. The molecule has 0 saturated carbocycles. The monoisotopic (exact) mass is 552 g/mol. The van der Waals surface area contributed by atoms with E-state index in [1.165, 1.54) is 11.1 Å². The molecule has 0 radical (unpaired) electrons. The lowest BCUT2D eigenvalue weighted by Crippen LogP contribution is -2.53. The number of nitrogens with zero attached hydrogens (tertiary/aromatic N) is 3. The second kappa shape index (κ2) is 8.80. The van der Waals surface area contributed by atoms with Gasteiger partial charge in [-0.1, -0.05) is 48.5 Å². The highest BCUT2D eigenvalue weighted by atomic mass is 19.2. The first-order chi connectivity index (χ1) is 19.9. The quantitative estimate of drug-likeness (QED) is 0.108. The Morgan fingerprint density at radius 1 is 0.780 bits per heavy atom. The van der Waals surface area contributed by atoms with Crippen LogP contribution in [0.15, 0.2) is 85.8 Å². The van der Waals surface area contributed by atoms with E-state index >= 15 is 8.78 Å². The van der Waals surface area contributed by atoms with Crippen LogP contribution in [0.4, 0.5) is 17.6 Å². The Hall–Kier alpha value is -4.39. The molecule has 0 bridgehead atoms. The summed E-state index contributed by atoms with van der Waals surface area (Å²) in [6.45, 7) is 5.46. The van der Waals surface area contributed by atoms with E-state index < -0.39 is 23.3 Å². The minimum atomic E-state index is -1.80. The van der Waals surface area contributed by atoms with Gasteiger partial charge in [0.25, 0.3) is 0 Å². The van der Waals surface area contributed by atoms with Crippen LogP contribution < -0.4 is 4.57 Å². The number of fused-ring (bicyclic) bond motifs is 6. The first-order valence-corrected chi connectivity index (χ1v) is 13.9. The van der Waals surface area contributed by atoms with Crippen molar-refractivity contribution in [3.05, 3.63) is 131 Å². The summed E-state index contributed by atoms with van der Waals surface area (Å²) < 4.78 is 62.4. The molecule has 3 unspecified atom stereocenters. The zero-order chi connectivity index (χ0) is 28.0. The Balaban J connectivity index is 1.42. The van der Waals surface area contributed by atoms with Gasteiger partial charge in [0.05, 0.1) is 5.56 Å². The topological polar surface area (TPSA) is 10.4 Å². The standard InChI is InChI=1S/C34H26F4N3/c1-19-33-24(23-9-5-8-21-14-15-39-16-17-40(33)34(39)27(21)23)11-12-25-28(30(36)32(38)31(37)29(25)35)26-13-10-22(18-41(19)26)20-6-3-2-4-7-20/h2-10,13,16-18,24,33-34H,1,11-12,14-15H2/q+1. The molecule has 3 atom stereocenters. The summed E-state index contributed by atoms with van der Waals surface area (Å²) in [5.41, 5.74) is 5.95. The molecule has 3 aromatic carbocycles. The molecule has 41 heavy (non-hydrogen) atoms. The lowest BCUT2D eigenvalue weighted by molar-refractivity contribution is -0.573. The third-order valence-electron chi connectivity index (χ3n) is 9.29. The molecule has 0 saturated heterocycles. The molecule has 0 fully saturated rings. The summed E-state index contributed by atoms with van der Waals surface area (Å²) in [6, 6.07) is 19.3. The number of rotatable bonds is 1. The SMILES string of the molecule is C=C1C2C(CCc3c(F)c(F)c(F)c(F)c3-c3ccc(-c4ccccc4)c[n+]31)c1cccc3c1C1N(C=CN21)CC3. The summed E-state index contributed by atoms with van der Waals surface area (Å²) in [6.07, 6.45) is 7.42. The van der Waals surface area contributed by atoms with E-state index in [2.05, 4.69) is 47.0 Å². The molecule has 0 aliphatic carbocycles. The van der Waals surface area contributed by atoms with Crippen molar-refractivity contribution < 1.29 is 22.1 Å². The lowest BCUT2D eigenvalue weighted by atomic mass is 9.75. The van der Waals surface area contributed by atoms with Gasteiger partial charge in [-0.15, -0.1) is 0 Å². The van der Waals surface area contributed by atoms with Gasteiger partial charge in [-0.2, -0.15) is 4.57 Å². The second-order valence-corrected chi connectivity index (χ2v) is 11.3. The Labute approximate surface area is 235 Å². The number of pyridine rings is 1. The highest BCUT2D eigenvalue weighted by Crippen LogP contribution is 2.52. The van der Waals surface area contributed by atoms with E-state index in [1.54, 1.807) is 16.7 Å². The Kier molecular flexibility index (Phi) is 5.24. The second-order valence-electron chi connectivity index (χ2n) is 11.3. The molecule has 0 spiro atoms. The smallest absolute Gasteiger partial charge is 0.221 e. The number of hydrogen-bond acceptors (Lipinski definition) is 2. The third-order valence-corrected chi connectivity index (χ3v) is 9.29. The average Bonchev–Trinajstić information content (AvgIpc) is 3.46. The van der Waals surface area contributed by atoms with E-state index in [-0.39, 0.29) is 41.4 Å². The van der Waals surface area contributed by atoms with Crippen LogP contribution in [0.1, 0.15) is 40.8 Å². The van der Waals surface area contributed by atoms with Gasteiger partial charge in [0, 0.05) is 47.6 Å². The van der Waals surface area contributed by atoms with Crippen molar-refractivity contribution in [3.8, 4) is 22.4 Å². The molecule has 8 rings (SSSR count). The third kappa shape index (κ3) is 3.35. The molecule has 1 aromatic heterocycles. The minimum absolute atomic E-state index is 0.000737. The van der Waals surface area contributed by atoms with E-state index in [4.69, 9.17) is 0 Å². The maximum atomic E-state index is 15.7. The number of hydrogen-bond donors (Lipinski definition) is 0. The molecule has 3 nitrogen and oxygen atoms in total. The normalized spacial score (nSPS) is 21.9. The first kappa shape index (κ1) is 24.4. The summed E-state index contributed by atoms with van der Waals surface area (Å²) in [5, 5.41) is 0. The maximum Gasteiger partial charge on any atom is 0.221 e. The molecule has 4 aliphatic rings. The van der Waals surface area contributed by atoms with Crippen LogP contribution in [0.2, 0.25) is 0 Å². The van der Waals surface area contributed by atoms with Crippen molar-refractivity contribution in [1.82, 2.24) is 9.80 Å². The Morgan fingerprint density at radius 3 is 2.41 bits per heavy atom. The van der Waals surface area contributed by atoms with E-state index in [0.29, 0.717) is 12.1 Å². The maximum absolute atomic E-state index is 15.7. The van der Waals surface area contributed by atoms with Crippen LogP contribution in [-0.4, -0.2) is 22.4 Å². The number of benzene rings is 3. The van der Waals surface area contributed by atoms with Gasteiger partial charge < -0.3 is 9.80 Å². The van der Waals surface area contributed by atoms with Gasteiger partial charge in [0.2, 0.25) is 11.4 Å². The summed E-state index contributed by atoms with van der Waals surface area (Å²) in [7, 11) is 0. The molecule has 0 amide bonds. The highest BCUT2D eigenvalue weighted by Gasteiger charge is 2.50. The molecular weight excluding hydrogens is 526 g/mol. The fourth-order valence-corrected chi connectivity index (χ4v) is 7.45. The van der Waals surface area contributed by atoms with Crippen LogP contribution >= 0.6 is 0 Å². The van der Waals surface area contributed by atoms with Crippen molar-refractivity contribution in [1.29, 1.82) is 0 Å². The number of halogens is 4. The Bertz CT molecular complexity index is 1800. The van der Waals surface area contributed by atoms with Crippen molar-refractivity contribution in [2.75, 3.05) is 6.54 Å². The predicted octanol–water partition coefficient (Wildman–Crippen LogP) is 7.09. The molecule has 4 aliphatic heterocycles. The van der Waals surface area contributed by atoms with Gasteiger partial charge >= 0.3 is 0 Å². The van der Waals surface area contributed by atoms with Crippen molar-refractivity contribution >= 4 is 5.70 Å². The minimum Gasteiger partial charge on any atom is -0.352 e. The molecule has 4 aromatic rings. The summed E-state index contributed by atoms with van der Waals surface area (Å²) in [4.78, 5) is 4.63. The van der Waals surface area contributed by atoms with Crippen molar-refractivity contribution in [3.63, 3.8) is 0 Å². The van der Waals surface area contributed by atoms with Crippen LogP contribution in [-0.2, 0) is 12.8 Å². The van der Waals surface area contributed by atoms with Crippen LogP contribution in [0.3, 0.4) is 0 Å². The molecular formula is C34H26F4N3+. The van der Waals surface area contributed by atoms with Crippen LogP contribution in [0, 0.1) is 23.3 Å². The Morgan fingerprint density at radius 2 is 1.59 bits per heavy atom. The van der Waals surface area contributed by atoms with Crippen molar-refractivity contribution in [2.24, 2.45) is 0 Å². The van der Waals surface area contributed by atoms with Crippen LogP contribution in [0.25, 0.3) is 28.1 Å². The van der Waals surface area contributed by atoms with Gasteiger partial charge in [-0.3, -0.25) is 0 Å². The first-order valence-electron chi connectivity index (χ1n) is 13.9. The zero-order valence-corrected chi connectivity index (χ0v) is 22.1. The molecule has 5 heterocycles. The van der Waals surface area contributed by atoms with Crippen molar-refractivity contribution in [2.45, 2.75) is 37.4 Å². The lowest BCUT2D eigenvalue weighted by Gasteiger charge is -2.48. The van der Waals surface area contributed by atoms with E-state index in [0.717, 1.165) is 29.7 Å². The van der Waals surface area contributed by atoms with Gasteiger partial charge in [-0.25, -0.2) is 17.6 Å². The van der Waals surface area contributed by atoms with Gasteiger partial charge in [0.15, 0.2) is 29.5 Å². The number of aromatic nitrogens is 1. The largest absolute Gasteiger partial charge is 0.352 e. The molecule has 204 valence electrons. The van der Waals surface area contributed by atoms with Gasteiger partial charge in [0.1, 0.15) is 12.2 Å². The fourth-order valence-electron chi connectivity index (χ4n) is 7.45. The van der Waals surface area contributed by atoms with E-state index in [9.17, 15) is 8.78 Å². The predicted molar refractivity (Wildman–Crippen MR) is 148 cm³/mol. The van der Waals surface area contributed by atoms with Gasteiger partial charge in [-0.05, 0) is 48.6 Å².